The number of rotatable bonds is 4. The van der Waals surface area contributed by atoms with E-state index in [1.54, 1.807) is 10.8 Å². The zero-order valence-corrected chi connectivity index (χ0v) is 13.0. The van der Waals surface area contributed by atoms with E-state index in [4.69, 9.17) is 4.74 Å². The maximum absolute atomic E-state index is 12.6. The highest BCUT2D eigenvalue weighted by Gasteiger charge is 2.44. The lowest BCUT2D eigenvalue weighted by molar-refractivity contribution is -0.00292. The Balaban J connectivity index is 1.66. The summed E-state index contributed by atoms with van der Waals surface area (Å²) in [4.78, 5) is 28.9. The van der Waals surface area contributed by atoms with Crippen molar-refractivity contribution in [2.75, 3.05) is 0 Å². The molecule has 1 atom stereocenters. The molecular weight excluding hydrogens is 292 g/mol. The van der Waals surface area contributed by atoms with Gasteiger partial charge < -0.3 is 9.30 Å². The molecule has 1 aliphatic carbocycles. The van der Waals surface area contributed by atoms with Gasteiger partial charge in [0.25, 0.3) is 5.56 Å². The highest BCUT2D eigenvalue weighted by Crippen LogP contribution is 2.40. The van der Waals surface area contributed by atoms with Crippen LogP contribution >= 0.6 is 0 Å². The van der Waals surface area contributed by atoms with Gasteiger partial charge >= 0.3 is 5.97 Å². The first kappa shape index (κ1) is 14.2. The minimum absolute atomic E-state index is 0.208. The second kappa shape index (κ2) is 5.05. The van der Waals surface area contributed by atoms with Crippen LogP contribution in [-0.4, -0.2) is 15.5 Å². The highest BCUT2D eigenvalue weighted by atomic mass is 16.6. The molecule has 23 heavy (non-hydrogen) atoms. The monoisotopic (exact) mass is 310 g/mol. The molecule has 0 spiro atoms. The molecule has 0 N–H and O–H groups in total. The Bertz CT molecular complexity index is 824. The Labute approximate surface area is 133 Å². The third kappa shape index (κ3) is 2.36. The van der Waals surface area contributed by atoms with Crippen LogP contribution in [0.15, 0.2) is 41.6 Å². The standard InChI is InChI=1S/C18H18N2O3/c1-18(8-6-12-3-2-9-19-11-12)14-7-10-20(13-4-5-13)16(21)15(14)17(22)23-18/h2-3,7,9-11,13H,4-6,8H2,1H3. The van der Waals surface area contributed by atoms with E-state index >= 15 is 0 Å². The summed E-state index contributed by atoms with van der Waals surface area (Å²) in [6.07, 6.45) is 8.73. The highest BCUT2D eigenvalue weighted by molar-refractivity contribution is 5.94. The Hall–Kier alpha value is -2.43. The maximum atomic E-state index is 12.6. The number of ether oxygens (including phenoxy) is 1. The Morgan fingerprint density at radius 1 is 1.35 bits per heavy atom. The molecule has 0 aromatic carbocycles. The SMILES string of the molecule is CC1(CCc2cccnc2)OC(=O)c2c1ccn(C1CC1)c2=O. The van der Waals surface area contributed by atoms with Crippen molar-refractivity contribution in [2.45, 2.75) is 44.2 Å². The van der Waals surface area contributed by atoms with E-state index in [1.165, 1.54) is 0 Å². The third-order valence-electron chi connectivity index (χ3n) is 4.77. The van der Waals surface area contributed by atoms with Crippen molar-refractivity contribution < 1.29 is 9.53 Å². The molecule has 3 heterocycles. The minimum Gasteiger partial charge on any atom is -0.451 e. The lowest BCUT2D eigenvalue weighted by Crippen LogP contribution is -2.26. The number of nitrogens with zero attached hydrogens (tertiary/aromatic N) is 2. The van der Waals surface area contributed by atoms with Gasteiger partial charge in [-0.25, -0.2) is 4.79 Å². The number of cyclic esters (lactones) is 1. The molecule has 0 amide bonds. The zero-order valence-electron chi connectivity index (χ0n) is 13.0. The third-order valence-corrected chi connectivity index (χ3v) is 4.77. The molecule has 0 bridgehead atoms. The van der Waals surface area contributed by atoms with Gasteiger partial charge in [0.1, 0.15) is 11.2 Å². The van der Waals surface area contributed by atoms with Gasteiger partial charge in [-0.1, -0.05) is 6.07 Å². The van der Waals surface area contributed by atoms with Crippen molar-refractivity contribution in [3.05, 3.63) is 63.8 Å². The van der Waals surface area contributed by atoms with E-state index in [1.807, 2.05) is 37.5 Å². The first-order valence-corrected chi connectivity index (χ1v) is 7.96. The van der Waals surface area contributed by atoms with Gasteiger partial charge in [0.15, 0.2) is 0 Å². The van der Waals surface area contributed by atoms with Crippen LogP contribution in [0.25, 0.3) is 0 Å². The Morgan fingerprint density at radius 2 is 2.17 bits per heavy atom. The van der Waals surface area contributed by atoms with Crippen molar-refractivity contribution in [3.8, 4) is 0 Å². The van der Waals surface area contributed by atoms with Crippen molar-refractivity contribution in [1.29, 1.82) is 0 Å². The molecule has 1 saturated carbocycles. The molecule has 2 aromatic heterocycles. The molecule has 2 aliphatic rings. The van der Waals surface area contributed by atoms with Gasteiger partial charge in [-0.2, -0.15) is 0 Å². The van der Waals surface area contributed by atoms with Crippen LogP contribution < -0.4 is 5.56 Å². The number of fused-ring (bicyclic) bond motifs is 1. The summed E-state index contributed by atoms with van der Waals surface area (Å²) >= 11 is 0. The summed E-state index contributed by atoms with van der Waals surface area (Å²) in [5.74, 6) is -0.492. The molecule has 1 unspecified atom stereocenters. The van der Waals surface area contributed by atoms with E-state index in [0.29, 0.717) is 12.0 Å². The van der Waals surface area contributed by atoms with E-state index in [2.05, 4.69) is 4.98 Å². The second-order valence-corrected chi connectivity index (χ2v) is 6.53. The molecule has 1 fully saturated rings. The largest absolute Gasteiger partial charge is 0.451 e. The van der Waals surface area contributed by atoms with Gasteiger partial charge in [-0.05, 0) is 50.3 Å². The molecule has 118 valence electrons. The van der Waals surface area contributed by atoms with E-state index < -0.39 is 11.6 Å². The number of hydrogen-bond donors (Lipinski definition) is 0. The lowest BCUT2D eigenvalue weighted by Gasteiger charge is -2.24. The molecule has 1 aliphatic heterocycles. The minimum atomic E-state index is -0.746. The Kier molecular flexibility index (Phi) is 3.11. The number of carbonyl (C=O) groups is 1. The summed E-state index contributed by atoms with van der Waals surface area (Å²) in [6.45, 7) is 1.88. The number of pyridine rings is 2. The van der Waals surface area contributed by atoms with Gasteiger partial charge in [0.2, 0.25) is 0 Å². The van der Waals surface area contributed by atoms with E-state index in [9.17, 15) is 9.59 Å². The predicted octanol–water partition coefficient (Wildman–Crippen LogP) is 2.60. The first-order valence-electron chi connectivity index (χ1n) is 7.96. The number of aryl methyl sites for hydroxylation is 1. The number of hydrogen-bond acceptors (Lipinski definition) is 4. The van der Waals surface area contributed by atoms with Crippen LogP contribution in [0, 0.1) is 0 Å². The topological polar surface area (TPSA) is 61.2 Å². The van der Waals surface area contributed by atoms with Crippen LogP contribution in [-0.2, 0) is 16.8 Å². The van der Waals surface area contributed by atoms with Crippen molar-refractivity contribution in [3.63, 3.8) is 0 Å². The Morgan fingerprint density at radius 3 is 2.87 bits per heavy atom. The zero-order chi connectivity index (χ0) is 16.0. The van der Waals surface area contributed by atoms with Crippen LogP contribution in [0.1, 0.15) is 53.7 Å². The van der Waals surface area contributed by atoms with Crippen molar-refractivity contribution >= 4 is 5.97 Å². The molecule has 5 nitrogen and oxygen atoms in total. The second-order valence-electron chi connectivity index (χ2n) is 6.53. The average molecular weight is 310 g/mol. The fourth-order valence-electron chi connectivity index (χ4n) is 3.25. The first-order chi connectivity index (χ1) is 11.1. The fourth-order valence-corrected chi connectivity index (χ4v) is 3.25. The number of esters is 1. The molecular formula is C18H18N2O3. The fraction of sp³-hybridized carbons (Fsp3) is 0.389. The average Bonchev–Trinajstić information content (AvgIpc) is 3.34. The molecule has 0 radical (unpaired) electrons. The van der Waals surface area contributed by atoms with Crippen molar-refractivity contribution in [2.24, 2.45) is 0 Å². The van der Waals surface area contributed by atoms with E-state index in [0.717, 1.165) is 24.8 Å². The van der Waals surface area contributed by atoms with Crippen LogP contribution in [0.3, 0.4) is 0 Å². The number of aromatic nitrogens is 2. The molecule has 4 rings (SSSR count). The summed E-state index contributed by atoms with van der Waals surface area (Å²) in [5, 5.41) is 0. The van der Waals surface area contributed by atoms with Gasteiger partial charge in [-0.15, -0.1) is 0 Å². The van der Waals surface area contributed by atoms with Gasteiger partial charge in [0, 0.05) is 30.2 Å². The van der Waals surface area contributed by atoms with Gasteiger partial charge in [-0.3, -0.25) is 9.78 Å². The quantitative estimate of drug-likeness (QED) is 0.814. The summed E-state index contributed by atoms with van der Waals surface area (Å²) < 4.78 is 7.28. The summed E-state index contributed by atoms with van der Waals surface area (Å²) in [7, 11) is 0. The van der Waals surface area contributed by atoms with Gasteiger partial charge in [0.05, 0.1) is 0 Å². The van der Waals surface area contributed by atoms with E-state index in [-0.39, 0.29) is 17.2 Å². The van der Waals surface area contributed by atoms with Crippen molar-refractivity contribution in [1.82, 2.24) is 9.55 Å². The smallest absolute Gasteiger partial charge is 0.345 e. The molecule has 2 aromatic rings. The number of carbonyl (C=O) groups excluding carboxylic acids is 1. The summed E-state index contributed by atoms with van der Waals surface area (Å²) in [6, 6.07) is 6.02. The maximum Gasteiger partial charge on any atom is 0.345 e. The predicted molar refractivity (Wildman–Crippen MR) is 84.3 cm³/mol. The van der Waals surface area contributed by atoms with Crippen LogP contribution in [0.4, 0.5) is 0 Å². The molecule has 5 heteroatoms. The lowest BCUT2D eigenvalue weighted by atomic mass is 9.89. The molecule has 0 saturated heterocycles. The summed E-state index contributed by atoms with van der Waals surface area (Å²) in [5.41, 5.74) is 1.07. The van der Waals surface area contributed by atoms with Crippen LogP contribution in [0.5, 0.6) is 0 Å². The van der Waals surface area contributed by atoms with Crippen LogP contribution in [0.2, 0.25) is 0 Å². The normalized spacial score (nSPS) is 22.7.